The normalized spacial score (nSPS) is 13.9. The molecule has 2 N–H and O–H groups in total. The Hall–Kier alpha value is 0.1000. The minimum atomic E-state index is -0.496. The first-order chi connectivity index (χ1) is 12.2. The van der Waals surface area contributed by atoms with Crippen molar-refractivity contribution in [2.45, 2.75) is 60.4 Å². The predicted molar refractivity (Wildman–Crippen MR) is 105 cm³/mol. The Morgan fingerprint density at radius 1 is 0.880 bits per heavy atom. The van der Waals surface area contributed by atoms with Gasteiger partial charge < -0.3 is 19.7 Å². The first-order valence-corrected chi connectivity index (χ1v) is 11.5. The molecule has 0 aliphatic carbocycles. The number of thioether (sulfide) groups is 2. The van der Waals surface area contributed by atoms with E-state index in [1.165, 1.54) is 34.9 Å². The number of ether oxygens (including phenoxy) is 2. The maximum absolute atomic E-state index is 9.87. The molecule has 2 atom stereocenters. The number of unbranched alkanes of at least 4 members (excludes halogenated alkanes) is 2. The van der Waals surface area contributed by atoms with Crippen molar-refractivity contribution in [1.29, 1.82) is 0 Å². The second-order valence-electron chi connectivity index (χ2n) is 5.62. The SMILES string of the molecule is CCCCOCC(O)CSc1nnc(SCC(O)COCCCC)s1. The Balaban J connectivity index is 2.14. The molecular formula is C16H30N2O4S3. The molecule has 0 saturated heterocycles. The molecule has 2 unspecified atom stereocenters. The average molecular weight is 411 g/mol. The second-order valence-corrected chi connectivity index (χ2v) is 9.13. The highest BCUT2D eigenvalue weighted by Gasteiger charge is 2.12. The topological polar surface area (TPSA) is 84.7 Å². The van der Waals surface area contributed by atoms with Gasteiger partial charge in [0.25, 0.3) is 0 Å². The van der Waals surface area contributed by atoms with E-state index in [4.69, 9.17) is 9.47 Å². The number of hydrogen-bond acceptors (Lipinski definition) is 9. The van der Waals surface area contributed by atoms with Crippen molar-refractivity contribution in [1.82, 2.24) is 10.2 Å². The van der Waals surface area contributed by atoms with Crippen molar-refractivity contribution in [3.05, 3.63) is 0 Å². The fourth-order valence-electron chi connectivity index (χ4n) is 1.68. The molecule has 0 spiro atoms. The fourth-order valence-corrected chi connectivity index (χ4v) is 4.56. The van der Waals surface area contributed by atoms with Gasteiger partial charge in [-0.1, -0.05) is 61.5 Å². The van der Waals surface area contributed by atoms with Crippen molar-refractivity contribution in [2.24, 2.45) is 0 Å². The molecule has 0 aliphatic heterocycles. The number of aliphatic hydroxyl groups is 2. The van der Waals surface area contributed by atoms with Crippen molar-refractivity contribution < 1.29 is 19.7 Å². The van der Waals surface area contributed by atoms with Crippen molar-refractivity contribution in [2.75, 3.05) is 37.9 Å². The van der Waals surface area contributed by atoms with Crippen LogP contribution in [0.15, 0.2) is 8.68 Å². The van der Waals surface area contributed by atoms with Gasteiger partial charge in [0, 0.05) is 24.7 Å². The van der Waals surface area contributed by atoms with Crippen LogP contribution in [0.1, 0.15) is 39.5 Å². The molecule has 146 valence electrons. The molecule has 0 bridgehead atoms. The van der Waals surface area contributed by atoms with Gasteiger partial charge in [-0.25, -0.2) is 0 Å². The lowest BCUT2D eigenvalue weighted by atomic mass is 10.3. The van der Waals surface area contributed by atoms with Crippen LogP contribution in [0.4, 0.5) is 0 Å². The first kappa shape index (κ1) is 23.1. The van der Waals surface area contributed by atoms with Gasteiger partial charge in [0.1, 0.15) is 0 Å². The summed E-state index contributed by atoms with van der Waals surface area (Å²) in [4.78, 5) is 0. The van der Waals surface area contributed by atoms with Crippen molar-refractivity contribution in [3.8, 4) is 0 Å². The molecule has 1 aromatic rings. The van der Waals surface area contributed by atoms with Crippen LogP contribution in [0.3, 0.4) is 0 Å². The fraction of sp³-hybridized carbons (Fsp3) is 0.875. The van der Waals surface area contributed by atoms with Crippen LogP contribution in [0.5, 0.6) is 0 Å². The first-order valence-electron chi connectivity index (χ1n) is 8.76. The summed E-state index contributed by atoms with van der Waals surface area (Å²) in [6, 6.07) is 0. The summed E-state index contributed by atoms with van der Waals surface area (Å²) in [5.74, 6) is 1.08. The third-order valence-electron chi connectivity index (χ3n) is 3.09. The highest BCUT2D eigenvalue weighted by Crippen LogP contribution is 2.29. The van der Waals surface area contributed by atoms with Gasteiger partial charge in [-0.05, 0) is 12.8 Å². The van der Waals surface area contributed by atoms with E-state index in [0.717, 1.165) is 34.4 Å². The molecule has 0 amide bonds. The third kappa shape index (κ3) is 12.2. The highest BCUT2D eigenvalue weighted by atomic mass is 32.2. The Morgan fingerprint density at radius 2 is 1.32 bits per heavy atom. The van der Waals surface area contributed by atoms with Gasteiger partial charge in [0.15, 0.2) is 8.68 Å². The maximum atomic E-state index is 9.87. The number of nitrogens with zero attached hydrogens (tertiary/aromatic N) is 2. The lowest BCUT2D eigenvalue weighted by Gasteiger charge is -2.09. The Kier molecular flexibility index (Phi) is 14.1. The molecule has 1 aromatic heterocycles. The lowest BCUT2D eigenvalue weighted by molar-refractivity contribution is 0.0473. The molecule has 0 saturated carbocycles. The molecule has 0 aromatic carbocycles. The van der Waals surface area contributed by atoms with E-state index in [1.54, 1.807) is 0 Å². The Morgan fingerprint density at radius 3 is 1.72 bits per heavy atom. The van der Waals surface area contributed by atoms with Gasteiger partial charge in [-0.2, -0.15) is 0 Å². The number of aromatic nitrogens is 2. The average Bonchev–Trinajstić information content (AvgIpc) is 3.07. The summed E-state index contributed by atoms with van der Waals surface area (Å²) in [7, 11) is 0. The summed E-state index contributed by atoms with van der Waals surface area (Å²) in [5.41, 5.74) is 0. The number of hydrogen-bond donors (Lipinski definition) is 2. The van der Waals surface area contributed by atoms with Gasteiger partial charge in [0.2, 0.25) is 0 Å². The Labute approximate surface area is 163 Å². The summed E-state index contributed by atoms with van der Waals surface area (Å²) in [6.07, 6.45) is 3.23. The van der Waals surface area contributed by atoms with Gasteiger partial charge in [-0.3, -0.25) is 0 Å². The molecule has 0 aliphatic rings. The monoisotopic (exact) mass is 410 g/mol. The number of rotatable bonds is 16. The molecule has 1 rings (SSSR count). The molecule has 6 nitrogen and oxygen atoms in total. The van der Waals surface area contributed by atoms with Gasteiger partial charge >= 0.3 is 0 Å². The molecular weight excluding hydrogens is 380 g/mol. The minimum absolute atomic E-state index is 0.359. The van der Waals surface area contributed by atoms with Crippen LogP contribution >= 0.6 is 34.9 Å². The van der Waals surface area contributed by atoms with Crippen LogP contribution in [-0.2, 0) is 9.47 Å². The highest BCUT2D eigenvalue weighted by molar-refractivity contribution is 8.03. The van der Waals surface area contributed by atoms with Crippen LogP contribution < -0.4 is 0 Å². The molecule has 25 heavy (non-hydrogen) atoms. The van der Waals surface area contributed by atoms with Crippen molar-refractivity contribution >= 4 is 34.9 Å². The summed E-state index contributed by atoms with van der Waals surface area (Å²) >= 11 is 4.44. The maximum Gasteiger partial charge on any atom is 0.175 e. The Bertz CT molecular complexity index is 401. The van der Waals surface area contributed by atoms with E-state index in [-0.39, 0.29) is 0 Å². The lowest BCUT2D eigenvalue weighted by Crippen LogP contribution is -2.18. The van der Waals surface area contributed by atoms with Gasteiger partial charge in [0.05, 0.1) is 25.4 Å². The zero-order valence-corrected chi connectivity index (χ0v) is 17.5. The van der Waals surface area contributed by atoms with E-state index >= 15 is 0 Å². The van der Waals surface area contributed by atoms with Crippen molar-refractivity contribution in [3.63, 3.8) is 0 Å². The molecule has 9 heteroatoms. The molecule has 0 fully saturated rings. The minimum Gasteiger partial charge on any atom is -0.390 e. The van der Waals surface area contributed by atoms with E-state index in [2.05, 4.69) is 24.0 Å². The largest absolute Gasteiger partial charge is 0.390 e. The van der Waals surface area contributed by atoms with Crippen LogP contribution in [-0.4, -0.2) is 70.6 Å². The summed E-state index contributed by atoms with van der Waals surface area (Å²) in [6.45, 7) is 6.33. The van der Waals surface area contributed by atoms with E-state index in [1.807, 2.05) is 0 Å². The number of aliphatic hydroxyl groups excluding tert-OH is 2. The smallest absolute Gasteiger partial charge is 0.175 e. The van der Waals surface area contributed by atoms with Crippen LogP contribution in [0, 0.1) is 0 Å². The summed E-state index contributed by atoms with van der Waals surface area (Å²) in [5, 5.41) is 28.0. The van der Waals surface area contributed by atoms with E-state index in [9.17, 15) is 10.2 Å². The van der Waals surface area contributed by atoms with E-state index < -0.39 is 12.2 Å². The van der Waals surface area contributed by atoms with Crippen LogP contribution in [0.2, 0.25) is 0 Å². The zero-order valence-electron chi connectivity index (χ0n) is 15.1. The quantitative estimate of drug-likeness (QED) is 0.318. The van der Waals surface area contributed by atoms with E-state index in [0.29, 0.717) is 37.9 Å². The summed E-state index contributed by atoms with van der Waals surface area (Å²) < 4.78 is 12.5. The molecule has 0 radical (unpaired) electrons. The third-order valence-corrected chi connectivity index (χ3v) is 6.57. The zero-order chi connectivity index (χ0) is 18.3. The molecule has 1 heterocycles. The van der Waals surface area contributed by atoms with Crippen LogP contribution in [0.25, 0.3) is 0 Å². The predicted octanol–water partition coefficient (Wildman–Crippen LogP) is 3.08. The standard InChI is InChI=1S/C16H30N2O4S3/c1-3-5-7-21-9-13(19)11-23-15-17-18-16(25-15)24-12-14(20)10-22-8-6-4-2/h13-14,19-20H,3-12H2,1-2H3. The second kappa shape index (κ2) is 15.2. The van der Waals surface area contributed by atoms with Gasteiger partial charge in [-0.15, -0.1) is 10.2 Å².